The van der Waals surface area contributed by atoms with Gasteiger partial charge >= 0.3 is 5.97 Å². The van der Waals surface area contributed by atoms with Crippen LogP contribution in [0, 0.1) is 11.3 Å². The predicted octanol–water partition coefficient (Wildman–Crippen LogP) is 1.62. The molecular weight excluding hydrogens is 346 g/mol. The fourth-order valence-electron chi connectivity index (χ4n) is 3.06. The number of carbonyl (C=O) groups is 3. The van der Waals surface area contributed by atoms with Crippen LogP contribution in [-0.2, 0) is 25.5 Å². The lowest BCUT2D eigenvalue weighted by molar-refractivity contribution is -0.155. The molecule has 1 unspecified atom stereocenters. The zero-order valence-electron chi connectivity index (χ0n) is 15.5. The van der Waals surface area contributed by atoms with Gasteiger partial charge in [0.2, 0.25) is 5.91 Å². The Hall–Kier alpha value is -2.88. The van der Waals surface area contributed by atoms with E-state index in [1.54, 1.807) is 0 Å². The summed E-state index contributed by atoms with van der Waals surface area (Å²) >= 11 is 0. The Labute approximate surface area is 159 Å². The first kappa shape index (κ1) is 20.4. The summed E-state index contributed by atoms with van der Waals surface area (Å²) in [4.78, 5) is 36.0. The minimum absolute atomic E-state index is 0.162. The first-order valence-electron chi connectivity index (χ1n) is 9.17. The number of ether oxygens (including phenoxy) is 1. The zero-order chi connectivity index (χ0) is 19.7. The van der Waals surface area contributed by atoms with Crippen LogP contribution in [-0.4, -0.2) is 36.0 Å². The van der Waals surface area contributed by atoms with E-state index in [1.165, 1.54) is 6.92 Å². The SMILES string of the molecule is CC(OC(=O)CNC(=O)Cc1ccccc1)C(=O)NC1(C#N)CCCCC1. The summed E-state index contributed by atoms with van der Waals surface area (Å²) in [6.45, 7) is 1.14. The highest BCUT2D eigenvalue weighted by molar-refractivity contribution is 5.86. The van der Waals surface area contributed by atoms with Gasteiger partial charge < -0.3 is 15.4 Å². The molecule has 144 valence electrons. The number of benzene rings is 1. The molecule has 0 aliphatic heterocycles. The van der Waals surface area contributed by atoms with Gasteiger partial charge in [0, 0.05) is 0 Å². The van der Waals surface area contributed by atoms with Gasteiger partial charge in [-0.2, -0.15) is 5.26 Å². The molecule has 2 rings (SSSR count). The number of nitriles is 1. The minimum atomic E-state index is -1.03. The van der Waals surface area contributed by atoms with Crippen molar-refractivity contribution in [2.45, 2.75) is 57.1 Å². The van der Waals surface area contributed by atoms with E-state index in [4.69, 9.17) is 4.74 Å². The molecule has 0 radical (unpaired) electrons. The van der Waals surface area contributed by atoms with Crippen molar-refractivity contribution in [2.75, 3.05) is 6.54 Å². The first-order valence-corrected chi connectivity index (χ1v) is 9.17. The number of esters is 1. The van der Waals surface area contributed by atoms with E-state index in [0.717, 1.165) is 24.8 Å². The summed E-state index contributed by atoms with van der Waals surface area (Å²) < 4.78 is 5.07. The molecule has 1 fully saturated rings. The van der Waals surface area contributed by atoms with Crippen LogP contribution in [0.2, 0.25) is 0 Å². The first-order chi connectivity index (χ1) is 12.9. The smallest absolute Gasteiger partial charge is 0.326 e. The topological polar surface area (TPSA) is 108 Å². The van der Waals surface area contributed by atoms with Gasteiger partial charge in [-0.3, -0.25) is 14.4 Å². The standard InChI is InChI=1S/C20H25N3O4/c1-15(19(26)23-20(14-21)10-6-3-7-11-20)27-18(25)13-22-17(24)12-16-8-4-2-5-9-16/h2,4-5,8-9,15H,3,6-7,10-13H2,1H3,(H,22,24)(H,23,26). The summed E-state index contributed by atoms with van der Waals surface area (Å²) in [7, 11) is 0. The largest absolute Gasteiger partial charge is 0.451 e. The summed E-state index contributed by atoms with van der Waals surface area (Å²) in [5.74, 6) is -1.50. The van der Waals surface area contributed by atoms with Crippen LogP contribution in [0.25, 0.3) is 0 Å². The van der Waals surface area contributed by atoms with E-state index in [1.807, 2.05) is 30.3 Å². The average molecular weight is 371 g/mol. The highest BCUT2D eigenvalue weighted by Crippen LogP contribution is 2.27. The number of carbonyl (C=O) groups excluding carboxylic acids is 3. The highest BCUT2D eigenvalue weighted by atomic mass is 16.5. The number of rotatable bonds is 7. The molecule has 1 aromatic rings. The Bertz CT molecular complexity index is 706. The molecular formula is C20H25N3O4. The van der Waals surface area contributed by atoms with Crippen LogP contribution in [0.5, 0.6) is 0 Å². The Morgan fingerprint density at radius 2 is 1.85 bits per heavy atom. The second-order valence-corrected chi connectivity index (χ2v) is 6.82. The molecule has 1 aliphatic rings. The van der Waals surface area contributed by atoms with Crippen molar-refractivity contribution in [1.82, 2.24) is 10.6 Å². The molecule has 0 heterocycles. The van der Waals surface area contributed by atoms with E-state index in [2.05, 4.69) is 16.7 Å². The Morgan fingerprint density at radius 1 is 1.19 bits per heavy atom. The number of amides is 2. The van der Waals surface area contributed by atoms with Gasteiger partial charge in [0.25, 0.3) is 5.91 Å². The lowest BCUT2D eigenvalue weighted by Gasteiger charge is -2.32. The molecule has 7 heteroatoms. The third-order valence-corrected chi connectivity index (χ3v) is 4.60. The monoisotopic (exact) mass is 371 g/mol. The van der Waals surface area contributed by atoms with Crippen molar-refractivity contribution in [3.63, 3.8) is 0 Å². The van der Waals surface area contributed by atoms with Gasteiger partial charge in [-0.15, -0.1) is 0 Å². The van der Waals surface area contributed by atoms with Crippen LogP contribution in [0.4, 0.5) is 0 Å². The van der Waals surface area contributed by atoms with Gasteiger partial charge in [-0.05, 0) is 25.3 Å². The number of nitrogens with zero attached hydrogens (tertiary/aromatic N) is 1. The number of hydrogen-bond donors (Lipinski definition) is 2. The van der Waals surface area contributed by atoms with E-state index in [-0.39, 0.29) is 18.9 Å². The van der Waals surface area contributed by atoms with Gasteiger partial charge in [-0.25, -0.2) is 0 Å². The maximum Gasteiger partial charge on any atom is 0.326 e. The maximum absolute atomic E-state index is 12.3. The van der Waals surface area contributed by atoms with Gasteiger partial charge in [0.15, 0.2) is 6.10 Å². The molecule has 1 atom stereocenters. The highest BCUT2D eigenvalue weighted by Gasteiger charge is 2.35. The maximum atomic E-state index is 12.3. The van der Waals surface area contributed by atoms with Crippen LogP contribution in [0.15, 0.2) is 30.3 Å². The summed E-state index contributed by atoms with van der Waals surface area (Å²) in [5, 5.41) is 14.6. The fourth-order valence-corrected chi connectivity index (χ4v) is 3.06. The second-order valence-electron chi connectivity index (χ2n) is 6.82. The van der Waals surface area contributed by atoms with E-state index >= 15 is 0 Å². The van der Waals surface area contributed by atoms with Crippen molar-refractivity contribution >= 4 is 17.8 Å². The molecule has 2 N–H and O–H groups in total. The lowest BCUT2D eigenvalue weighted by Crippen LogP contribution is -2.52. The predicted molar refractivity (Wildman–Crippen MR) is 98.3 cm³/mol. The third kappa shape index (κ3) is 6.41. The van der Waals surface area contributed by atoms with Crippen molar-refractivity contribution in [3.05, 3.63) is 35.9 Å². The summed E-state index contributed by atoms with van der Waals surface area (Å²) in [6, 6.07) is 11.3. The van der Waals surface area contributed by atoms with Crippen LogP contribution in [0.1, 0.15) is 44.6 Å². The Balaban J connectivity index is 1.75. The van der Waals surface area contributed by atoms with Crippen molar-refractivity contribution in [2.24, 2.45) is 0 Å². The quantitative estimate of drug-likeness (QED) is 0.708. The van der Waals surface area contributed by atoms with Crippen LogP contribution in [0.3, 0.4) is 0 Å². The molecule has 27 heavy (non-hydrogen) atoms. The van der Waals surface area contributed by atoms with Crippen LogP contribution >= 0.6 is 0 Å². The minimum Gasteiger partial charge on any atom is -0.451 e. The Kier molecular flexibility index (Phi) is 7.35. The molecule has 0 saturated heterocycles. The molecule has 0 spiro atoms. The molecule has 2 amide bonds. The molecule has 1 aromatic carbocycles. The number of nitrogens with one attached hydrogen (secondary N) is 2. The average Bonchev–Trinajstić information content (AvgIpc) is 2.68. The number of hydrogen-bond acceptors (Lipinski definition) is 5. The van der Waals surface area contributed by atoms with E-state index in [0.29, 0.717) is 12.8 Å². The fraction of sp³-hybridized carbons (Fsp3) is 0.500. The molecule has 7 nitrogen and oxygen atoms in total. The Morgan fingerprint density at radius 3 is 2.48 bits per heavy atom. The zero-order valence-corrected chi connectivity index (χ0v) is 15.5. The second kappa shape index (κ2) is 9.72. The van der Waals surface area contributed by atoms with Gasteiger partial charge in [0.1, 0.15) is 12.1 Å². The molecule has 0 bridgehead atoms. The summed E-state index contributed by atoms with van der Waals surface area (Å²) in [6.07, 6.45) is 3.15. The third-order valence-electron chi connectivity index (χ3n) is 4.60. The molecule has 0 aromatic heterocycles. The lowest BCUT2D eigenvalue weighted by atomic mass is 9.83. The van der Waals surface area contributed by atoms with Crippen molar-refractivity contribution < 1.29 is 19.1 Å². The summed E-state index contributed by atoms with van der Waals surface area (Å²) in [5.41, 5.74) is -0.0368. The van der Waals surface area contributed by atoms with Gasteiger partial charge in [-0.1, -0.05) is 49.6 Å². The molecule has 1 aliphatic carbocycles. The van der Waals surface area contributed by atoms with Crippen LogP contribution < -0.4 is 10.6 Å². The normalized spacial score (nSPS) is 16.4. The van der Waals surface area contributed by atoms with E-state index < -0.39 is 23.5 Å². The molecule has 1 saturated carbocycles. The van der Waals surface area contributed by atoms with Crippen molar-refractivity contribution in [1.29, 1.82) is 5.26 Å². The van der Waals surface area contributed by atoms with Gasteiger partial charge in [0.05, 0.1) is 12.5 Å². The van der Waals surface area contributed by atoms with E-state index in [9.17, 15) is 19.6 Å². The van der Waals surface area contributed by atoms with Crippen molar-refractivity contribution in [3.8, 4) is 6.07 Å².